The number of carbonyl (C=O) groups is 2. The number of benzene rings is 1. The molecule has 0 atom stereocenters. The highest BCUT2D eigenvalue weighted by atomic mass is 79.9. The minimum absolute atomic E-state index is 0.0386. The average molecular weight is 370 g/mol. The van der Waals surface area contributed by atoms with Crippen LogP contribution in [-0.4, -0.2) is 61.9 Å². The van der Waals surface area contributed by atoms with Crippen molar-refractivity contribution in [2.24, 2.45) is 0 Å². The van der Waals surface area contributed by atoms with Gasteiger partial charge in [-0.25, -0.2) is 0 Å². The molecule has 0 unspecified atom stereocenters. The second-order valence-electron chi connectivity index (χ2n) is 5.43. The first-order chi connectivity index (χ1) is 10.4. The van der Waals surface area contributed by atoms with Crippen LogP contribution in [0.2, 0.25) is 0 Å². The highest BCUT2D eigenvalue weighted by Crippen LogP contribution is 2.10. The quantitative estimate of drug-likeness (QED) is 0.762. The molecule has 5 nitrogen and oxygen atoms in total. The monoisotopic (exact) mass is 369 g/mol. The largest absolute Gasteiger partial charge is 0.350 e. The Hall–Kier alpha value is -1.40. The zero-order valence-corrected chi connectivity index (χ0v) is 15.0. The van der Waals surface area contributed by atoms with Gasteiger partial charge < -0.3 is 15.1 Å². The van der Waals surface area contributed by atoms with Gasteiger partial charge in [0.05, 0.1) is 0 Å². The number of halogens is 1. The van der Waals surface area contributed by atoms with E-state index in [9.17, 15) is 9.59 Å². The molecule has 0 aliphatic heterocycles. The highest BCUT2D eigenvalue weighted by molar-refractivity contribution is 9.10. The van der Waals surface area contributed by atoms with Gasteiger partial charge >= 0.3 is 0 Å². The van der Waals surface area contributed by atoms with Gasteiger partial charge in [0.25, 0.3) is 5.91 Å². The molecule has 1 aromatic rings. The fraction of sp³-hybridized carbons (Fsp3) is 0.500. The Labute approximate surface area is 140 Å². The summed E-state index contributed by atoms with van der Waals surface area (Å²) in [5.74, 6) is -0.0825. The summed E-state index contributed by atoms with van der Waals surface area (Å²) in [7, 11) is 4.02. The van der Waals surface area contributed by atoms with E-state index in [4.69, 9.17) is 0 Å². The zero-order valence-electron chi connectivity index (χ0n) is 13.4. The third-order valence-electron chi connectivity index (χ3n) is 3.25. The smallest absolute Gasteiger partial charge is 0.251 e. The molecule has 22 heavy (non-hydrogen) atoms. The van der Waals surface area contributed by atoms with Crippen LogP contribution in [0.1, 0.15) is 23.7 Å². The van der Waals surface area contributed by atoms with Crippen molar-refractivity contribution in [1.29, 1.82) is 0 Å². The summed E-state index contributed by atoms with van der Waals surface area (Å²) in [5, 5.41) is 2.84. The minimum atomic E-state index is -0.121. The summed E-state index contributed by atoms with van der Waals surface area (Å²) < 4.78 is 0.938. The first-order valence-corrected chi connectivity index (χ1v) is 8.13. The lowest BCUT2D eigenvalue weighted by molar-refractivity contribution is -0.128. The summed E-state index contributed by atoms with van der Waals surface area (Å²) in [6.07, 6.45) is 0.924. The maximum absolute atomic E-state index is 12.0. The third-order valence-corrected chi connectivity index (χ3v) is 3.78. The summed E-state index contributed by atoms with van der Waals surface area (Å²) in [5.41, 5.74) is 0.616. The molecule has 0 fully saturated rings. The maximum atomic E-state index is 12.0. The zero-order chi connectivity index (χ0) is 16.5. The van der Waals surface area contributed by atoms with Crippen LogP contribution in [0.5, 0.6) is 0 Å². The molecule has 0 heterocycles. The average Bonchev–Trinajstić information content (AvgIpc) is 2.45. The van der Waals surface area contributed by atoms with E-state index in [1.54, 1.807) is 24.0 Å². The molecule has 0 spiro atoms. The van der Waals surface area contributed by atoms with Gasteiger partial charge in [0, 0.05) is 36.6 Å². The van der Waals surface area contributed by atoms with Crippen molar-refractivity contribution in [3.63, 3.8) is 0 Å². The minimum Gasteiger partial charge on any atom is -0.350 e. The Kier molecular flexibility index (Phi) is 8.12. The number of rotatable bonds is 8. The Morgan fingerprint density at radius 3 is 2.27 bits per heavy atom. The van der Waals surface area contributed by atoms with Crippen molar-refractivity contribution in [2.45, 2.75) is 13.3 Å². The van der Waals surface area contributed by atoms with Gasteiger partial charge in [0.2, 0.25) is 5.91 Å². The topological polar surface area (TPSA) is 52.7 Å². The summed E-state index contributed by atoms with van der Waals surface area (Å²) in [6.45, 7) is 4.20. The van der Waals surface area contributed by atoms with Crippen molar-refractivity contribution in [2.75, 3.05) is 40.3 Å². The van der Waals surface area contributed by atoms with Crippen molar-refractivity contribution in [1.82, 2.24) is 15.1 Å². The Morgan fingerprint density at radius 2 is 1.73 bits per heavy atom. The molecule has 1 aromatic carbocycles. The summed E-state index contributed by atoms with van der Waals surface area (Å²) >= 11 is 3.34. The number of carbonyl (C=O) groups excluding carboxylic acids is 2. The van der Waals surface area contributed by atoms with Gasteiger partial charge in [-0.15, -0.1) is 0 Å². The van der Waals surface area contributed by atoms with Gasteiger partial charge in [-0.05, 0) is 51.3 Å². The first-order valence-electron chi connectivity index (χ1n) is 7.34. The highest BCUT2D eigenvalue weighted by Gasteiger charge is 2.10. The second kappa shape index (κ2) is 9.58. The fourth-order valence-corrected chi connectivity index (χ4v) is 2.28. The Bertz CT molecular complexity index is 489. The van der Waals surface area contributed by atoms with Gasteiger partial charge in [-0.3, -0.25) is 9.59 Å². The molecule has 6 heteroatoms. The lowest BCUT2D eigenvalue weighted by Crippen LogP contribution is -2.38. The van der Waals surface area contributed by atoms with Crippen LogP contribution in [0.4, 0.5) is 0 Å². The fourth-order valence-electron chi connectivity index (χ4n) is 2.01. The van der Waals surface area contributed by atoms with E-state index in [2.05, 4.69) is 26.1 Å². The number of hydrogen-bond acceptors (Lipinski definition) is 3. The molecular weight excluding hydrogens is 346 g/mol. The first kappa shape index (κ1) is 18.6. The van der Waals surface area contributed by atoms with E-state index < -0.39 is 0 Å². The second-order valence-corrected chi connectivity index (χ2v) is 6.34. The maximum Gasteiger partial charge on any atom is 0.251 e. The standard InChI is InChI=1S/C16H24BrN3O2/c1-13(21)20(11-4-10-19(2)3)12-9-18-16(22)14-5-7-15(17)8-6-14/h5-8H,4,9-12H2,1-3H3,(H,18,22). The van der Waals surface area contributed by atoms with Crippen LogP contribution in [0.3, 0.4) is 0 Å². The van der Waals surface area contributed by atoms with Gasteiger partial charge in [-0.2, -0.15) is 0 Å². The number of nitrogens with zero attached hydrogens (tertiary/aromatic N) is 2. The summed E-state index contributed by atoms with van der Waals surface area (Å²) in [4.78, 5) is 27.4. The van der Waals surface area contributed by atoms with E-state index in [0.717, 1.165) is 17.4 Å². The van der Waals surface area contributed by atoms with Crippen LogP contribution in [0.25, 0.3) is 0 Å². The Morgan fingerprint density at radius 1 is 1.09 bits per heavy atom. The molecule has 0 radical (unpaired) electrons. The van der Waals surface area contributed by atoms with Crippen LogP contribution in [0, 0.1) is 0 Å². The lowest BCUT2D eigenvalue weighted by atomic mass is 10.2. The molecule has 122 valence electrons. The predicted octanol–water partition coefficient (Wildman–Crippen LogP) is 1.98. The number of hydrogen-bond donors (Lipinski definition) is 1. The molecule has 1 rings (SSSR count). The van der Waals surface area contributed by atoms with Gasteiger partial charge in [-0.1, -0.05) is 15.9 Å². The lowest BCUT2D eigenvalue weighted by Gasteiger charge is -2.22. The SMILES string of the molecule is CC(=O)N(CCCN(C)C)CCNC(=O)c1ccc(Br)cc1. The van der Waals surface area contributed by atoms with Crippen LogP contribution in [0.15, 0.2) is 28.7 Å². The van der Waals surface area contributed by atoms with Crippen LogP contribution >= 0.6 is 15.9 Å². The van der Waals surface area contributed by atoms with Gasteiger partial charge in [0.15, 0.2) is 0 Å². The number of amides is 2. The molecule has 0 aromatic heterocycles. The molecular formula is C16H24BrN3O2. The molecule has 0 aliphatic rings. The van der Waals surface area contributed by atoms with E-state index in [1.807, 2.05) is 26.2 Å². The van der Waals surface area contributed by atoms with Crippen molar-refractivity contribution in [3.8, 4) is 0 Å². The summed E-state index contributed by atoms with van der Waals surface area (Å²) in [6, 6.07) is 7.19. The normalized spacial score (nSPS) is 10.6. The van der Waals surface area contributed by atoms with Crippen molar-refractivity contribution < 1.29 is 9.59 Å². The Balaban J connectivity index is 2.37. The molecule has 0 aliphatic carbocycles. The predicted molar refractivity (Wildman–Crippen MR) is 91.9 cm³/mol. The molecule has 1 N–H and O–H groups in total. The van der Waals surface area contributed by atoms with Crippen molar-refractivity contribution >= 4 is 27.7 Å². The van der Waals surface area contributed by atoms with Crippen molar-refractivity contribution in [3.05, 3.63) is 34.3 Å². The van der Waals surface area contributed by atoms with E-state index in [1.165, 1.54) is 0 Å². The molecule has 0 bridgehead atoms. The molecule has 0 saturated carbocycles. The van der Waals surface area contributed by atoms with Crippen LogP contribution in [-0.2, 0) is 4.79 Å². The third kappa shape index (κ3) is 7.04. The number of nitrogens with one attached hydrogen (secondary N) is 1. The van der Waals surface area contributed by atoms with E-state index in [0.29, 0.717) is 25.2 Å². The van der Waals surface area contributed by atoms with Gasteiger partial charge in [0.1, 0.15) is 0 Å². The molecule has 0 saturated heterocycles. The van der Waals surface area contributed by atoms with Crippen LogP contribution < -0.4 is 5.32 Å². The van der Waals surface area contributed by atoms with E-state index >= 15 is 0 Å². The van der Waals surface area contributed by atoms with E-state index in [-0.39, 0.29) is 11.8 Å². The molecule has 2 amide bonds.